The largest absolute Gasteiger partial charge is 0.303 e. The Morgan fingerprint density at radius 1 is 1.69 bits per heavy atom. The van der Waals surface area contributed by atoms with E-state index in [-0.39, 0.29) is 10.8 Å². The Morgan fingerprint density at radius 2 is 2.38 bits per heavy atom. The number of carbonyl (C=O) groups is 1. The summed E-state index contributed by atoms with van der Waals surface area (Å²) in [6.45, 7) is 4.29. The Hall–Kier alpha value is -0.700. The molecule has 13 heavy (non-hydrogen) atoms. The lowest BCUT2D eigenvalue weighted by Gasteiger charge is -2.10. The van der Waals surface area contributed by atoms with E-state index < -0.39 is 0 Å². The lowest BCUT2D eigenvalue weighted by Crippen LogP contribution is -2.14. The van der Waals surface area contributed by atoms with Crippen molar-refractivity contribution in [2.75, 3.05) is 0 Å². The van der Waals surface area contributed by atoms with Crippen molar-refractivity contribution in [1.82, 2.24) is 4.98 Å². The number of nitrogens with zero attached hydrogens (tertiary/aromatic N) is 1. The van der Waals surface area contributed by atoms with Crippen molar-refractivity contribution in [2.24, 2.45) is 10.8 Å². The summed E-state index contributed by atoms with van der Waals surface area (Å²) >= 11 is 1.59. The van der Waals surface area contributed by atoms with Gasteiger partial charge in [-0.25, -0.2) is 4.98 Å². The van der Waals surface area contributed by atoms with E-state index in [4.69, 9.17) is 0 Å². The van der Waals surface area contributed by atoms with Gasteiger partial charge in [0.2, 0.25) is 0 Å². The molecule has 0 radical (unpaired) electrons. The van der Waals surface area contributed by atoms with Gasteiger partial charge in [0.05, 0.1) is 11.2 Å². The smallest absolute Gasteiger partial charge is 0.127 e. The molecule has 2 nitrogen and oxygen atoms in total. The molecule has 70 valence electrons. The predicted octanol–water partition coefficient (Wildman–Crippen LogP) is 2.30. The summed E-state index contributed by atoms with van der Waals surface area (Å²) < 4.78 is 0. The maximum absolute atomic E-state index is 11.0. The zero-order chi connectivity index (χ0) is 9.53. The maximum Gasteiger partial charge on any atom is 0.127 e. The lowest BCUT2D eigenvalue weighted by atomic mass is 9.93. The first-order valence-corrected chi connectivity index (χ1v) is 5.37. The maximum atomic E-state index is 11.0. The Balaban J connectivity index is 2.14. The summed E-state index contributed by atoms with van der Waals surface area (Å²) in [5.74, 6) is 0. The van der Waals surface area contributed by atoms with Gasteiger partial charge in [0, 0.05) is 17.2 Å². The van der Waals surface area contributed by atoms with Gasteiger partial charge in [0.15, 0.2) is 0 Å². The van der Waals surface area contributed by atoms with E-state index in [1.54, 1.807) is 11.3 Å². The van der Waals surface area contributed by atoms with Gasteiger partial charge in [-0.05, 0) is 11.8 Å². The quantitative estimate of drug-likeness (QED) is 0.693. The van der Waals surface area contributed by atoms with Crippen LogP contribution in [0.4, 0.5) is 0 Å². The number of hydrogen-bond acceptors (Lipinski definition) is 3. The molecule has 0 bridgehead atoms. The fourth-order valence-electron chi connectivity index (χ4n) is 1.94. The molecule has 1 aliphatic carbocycles. The van der Waals surface area contributed by atoms with Crippen LogP contribution in [-0.2, 0) is 11.2 Å². The van der Waals surface area contributed by atoms with Gasteiger partial charge in [-0.1, -0.05) is 13.8 Å². The Bertz CT molecular complexity index is 318. The summed E-state index contributed by atoms with van der Waals surface area (Å²) in [6.07, 6.45) is 2.93. The molecular formula is C10H13NOS. The molecule has 1 unspecified atom stereocenters. The number of hydrogen-bond donors (Lipinski definition) is 0. The zero-order valence-electron chi connectivity index (χ0n) is 7.91. The van der Waals surface area contributed by atoms with Gasteiger partial charge >= 0.3 is 0 Å². The van der Waals surface area contributed by atoms with Crippen molar-refractivity contribution in [3.63, 3.8) is 0 Å². The molecule has 1 saturated carbocycles. The molecule has 1 heterocycles. The van der Waals surface area contributed by atoms with Crippen LogP contribution in [0.3, 0.4) is 0 Å². The van der Waals surface area contributed by atoms with E-state index in [0.29, 0.717) is 0 Å². The third-order valence-corrected chi connectivity index (χ3v) is 3.82. The monoisotopic (exact) mass is 195 g/mol. The van der Waals surface area contributed by atoms with Crippen molar-refractivity contribution in [3.8, 4) is 0 Å². The van der Waals surface area contributed by atoms with Crippen molar-refractivity contribution >= 4 is 17.6 Å². The highest BCUT2D eigenvalue weighted by Crippen LogP contribution is 2.63. The highest BCUT2D eigenvalue weighted by atomic mass is 32.1. The molecule has 0 saturated heterocycles. The molecule has 1 aromatic rings. The van der Waals surface area contributed by atoms with Crippen LogP contribution in [0.1, 0.15) is 26.0 Å². The Labute approximate surface area is 82.0 Å². The van der Waals surface area contributed by atoms with Gasteiger partial charge in [0.25, 0.3) is 0 Å². The minimum atomic E-state index is -0.124. The average molecular weight is 195 g/mol. The van der Waals surface area contributed by atoms with Crippen LogP contribution in [-0.4, -0.2) is 11.3 Å². The highest BCUT2D eigenvalue weighted by Gasteiger charge is 2.61. The normalized spacial score (nSPS) is 30.0. The van der Waals surface area contributed by atoms with Crippen LogP contribution in [0.15, 0.2) is 10.9 Å². The van der Waals surface area contributed by atoms with Gasteiger partial charge in [-0.2, -0.15) is 0 Å². The van der Waals surface area contributed by atoms with Gasteiger partial charge in [0.1, 0.15) is 6.29 Å². The molecule has 2 rings (SSSR count). The summed E-state index contributed by atoms with van der Waals surface area (Å²) in [4.78, 5) is 15.2. The summed E-state index contributed by atoms with van der Waals surface area (Å²) in [6, 6.07) is 0. The van der Waals surface area contributed by atoms with Gasteiger partial charge in [-0.15, -0.1) is 11.3 Å². The molecule has 1 aliphatic rings. The van der Waals surface area contributed by atoms with Gasteiger partial charge in [-0.3, -0.25) is 0 Å². The van der Waals surface area contributed by atoms with Crippen LogP contribution < -0.4 is 0 Å². The number of rotatable bonds is 3. The van der Waals surface area contributed by atoms with Crippen LogP contribution in [0.5, 0.6) is 0 Å². The molecule has 0 N–H and O–H groups in total. The molecular weight excluding hydrogens is 182 g/mol. The van der Waals surface area contributed by atoms with E-state index in [1.165, 1.54) is 0 Å². The SMILES string of the molecule is CC1(C)CC1(C=O)Cc1cscn1. The molecule has 0 spiro atoms. The predicted molar refractivity (Wildman–Crippen MR) is 52.7 cm³/mol. The minimum Gasteiger partial charge on any atom is -0.303 e. The number of aldehydes is 1. The topological polar surface area (TPSA) is 30.0 Å². The summed E-state index contributed by atoms with van der Waals surface area (Å²) in [7, 11) is 0. The first-order valence-electron chi connectivity index (χ1n) is 4.43. The number of carbonyl (C=O) groups excluding carboxylic acids is 1. The van der Waals surface area contributed by atoms with E-state index >= 15 is 0 Å². The second kappa shape index (κ2) is 2.64. The van der Waals surface area contributed by atoms with E-state index in [9.17, 15) is 4.79 Å². The number of aromatic nitrogens is 1. The molecule has 0 amide bonds. The summed E-state index contributed by atoms with van der Waals surface area (Å²) in [5, 5.41) is 2.03. The molecule has 1 fully saturated rings. The Morgan fingerprint density at radius 3 is 2.77 bits per heavy atom. The highest BCUT2D eigenvalue weighted by molar-refractivity contribution is 7.07. The van der Waals surface area contributed by atoms with Crippen LogP contribution in [0.25, 0.3) is 0 Å². The van der Waals surface area contributed by atoms with Crippen LogP contribution >= 0.6 is 11.3 Å². The first-order chi connectivity index (χ1) is 6.10. The second-order valence-corrected chi connectivity index (χ2v) is 5.21. The molecule has 0 aromatic carbocycles. The van der Waals surface area contributed by atoms with Gasteiger partial charge < -0.3 is 4.79 Å². The summed E-state index contributed by atoms with van der Waals surface area (Å²) in [5.41, 5.74) is 2.94. The average Bonchev–Trinajstić information content (AvgIpc) is 2.52. The van der Waals surface area contributed by atoms with Crippen molar-refractivity contribution in [2.45, 2.75) is 26.7 Å². The minimum absolute atomic E-state index is 0.124. The first kappa shape index (κ1) is 8.88. The van der Waals surface area contributed by atoms with Crippen LogP contribution in [0.2, 0.25) is 0 Å². The molecule has 1 atom stereocenters. The van der Waals surface area contributed by atoms with E-state index in [1.807, 2.05) is 10.9 Å². The van der Waals surface area contributed by atoms with Crippen molar-refractivity contribution < 1.29 is 4.79 Å². The van der Waals surface area contributed by atoms with Crippen LogP contribution in [0, 0.1) is 10.8 Å². The van der Waals surface area contributed by atoms with E-state index in [0.717, 1.165) is 24.8 Å². The van der Waals surface area contributed by atoms with Crippen molar-refractivity contribution in [1.29, 1.82) is 0 Å². The fraction of sp³-hybridized carbons (Fsp3) is 0.600. The lowest BCUT2D eigenvalue weighted by molar-refractivity contribution is -0.113. The van der Waals surface area contributed by atoms with Crippen molar-refractivity contribution in [3.05, 3.63) is 16.6 Å². The standard InChI is InChI=1S/C10H13NOS/c1-9(2)5-10(9,6-12)3-8-4-13-7-11-8/h4,6-7H,3,5H2,1-2H3. The Kier molecular flexibility index (Phi) is 1.80. The third-order valence-electron chi connectivity index (χ3n) is 3.19. The third kappa shape index (κ3) is 1.31. The fourth-order valence-corrected chi connectivity index (χ4v) is 2.50. The zero-order valence-corrected chi connectivity index (χ0v) is 8.73. The molecule has 1 aromatic heterocycles. The van der Waals surface area contributed by atoms with E-state index in [2.05, 4.69) is 18.8 Å². The second-order valence-electron chi connectivity index (χ2n) is 4.49. The molecule has 0 aliphatic heterocycles. The molecule has 3 heteroatoms. The number of thiazole rings is 1.